The number of aliphatic imine (C=N–C) groups is 1. The normalized spacial score (nSPS) is 15.3. The average molecular weight is 515 g/mol. The maximum atomic E-state index is 12.1. The molecule has 0 aliphatic carbocycles. The molecule has 0 aromatic heterocycles. The highest BCUT2D eigenvalue weighted by Gasteiger charge is 2.31. The Morgan fingerprint density at radius 1 is 1.20 bits per heavy atom. The van der Waals surface area contributed by atoms with E-state index in [0.29, 0.717) is 18.3 Å². The summed E-state index contributed by atoms with van der Waals surface area (Å²) < 4.78 is 35.6. The largest absolute Gasteiger partial charge is 0.493 e. The van der Waals surface area contributed by atoms with Crippen molar-refractivity contribution in [2.45, 2.75) is 52.7 Å². The Kier molecular flexibility index (Phi) is 12.0. The molecule has 2 N–H and O–H groups in total. The summed E-state index contributed by atoms with van der Waals surface area (Å²) in [6.07, 6.45) is 2.07. The van der Waals surface area contributed by atoms with Gasteiger partial charge in [-0.05, 0) is 48.8 Å². The van der Waals surface area contributed by atoms with Crippen molar-refractivity contribution in [1.82, 2.24) is 15.1 Å². The van der Waals surface area contributed by atoms with Crippen LogP contribution in [0.15, 0.2) is 29.3 Å². The summed E-state index contributed by atoms with van der Waals surface area (Å²) in [5.74, 6) is 0.931. The molecule has 0 radical (unpaired) electrons. The highest BCUT2D eigenvalue weighted by Crippen LogP contribution is 2.31. The van der Waals surface area contributed by atoms with Gasteiger partial charge in [0, 0.05) is 21.1 Å². The SMILES string of the molecule is CN=C(NC)NOC(C)C(C)(C)CC(C)COc1ccc(CC(C(=O)OC)N(C)S(C)(=O)=O)cc1. The minimum atomic E-state index is -3.55. The van der Waals surface area contributed by atoms with Crippen LogP contribution in [-0.2, 0) is 30.8 Å². The third kappa shape index (κ3) is 10.0. The Labute approximate surface area is 210 Å². The van der Waals surface area contributed by atoms with Crippen LogP contribution >= 0.6 is 0 Å². The Morgan fingerprint density at radius 2 is 1.80 bits per heavy atom. The van der Waals surface area contributed by atoms with E-state index in [2.05, 4.69) is 36.6 Å². The molecule has 3 unspecified atom stereocenters. The first kappa shape index (κ1) is 30.7. The number of likely N-dealkylation sites (N-methyl/N-ethyl adjacent to an activating group) is 1. The molecule has 200 valence electrons. The second kappa shape index (κ2) is 13.6. The van der Waals surface area contributed by atoms with Gasteiger partial charge in [-0.1, -0.05) is 32.9 Å². The van der Waals surface area contributed by atoms with Crippen LogP contribution in [0.4, 0.5) is 0 Å². The number of hydrogen-bond donors (Lipinski definition) is 2. The van der Waals surface area contributed by atoms with Gasteiger partial charge in [-0.15, -0.1) is 0 Å². The van der Waals surface area contributed by atoms with E-state index in [1.54, 1.807) is 14.1 Å². The number of carbonyl (C=O) groups excluding carboxylic acids is 1. The molecule has 11 heteroatoms. The van der Waals surface area contributed by atoms with Crippen molar-refractivity contribution >= 4 is 22.0 Å². The monoisotopic (exact) mass is 514 g/mol. The number of rotatable bonds is 13. The van der Waals surface area contributed by atoms with Gasteiger partial charge in [0.1, 0.15) is 11.8 Å². The lowest BCUT2D eigenvalue weighted by Crippen LogP contribution is -2.43. The highest BCUT2D eigenvalue weighted by molar-refractivity contribution is 7.88. The number of benzene rings is 1. The maximum absolute atomic E-state index is 12.1. The number of carbonyl (C=O) groups is 1. The summed E-state index contributed by atoms with van der Waals surface area (Å²) in [6, 6.07) is 6.36. The van der Waals surface area contributed by atoms with E-state index in [9.17, 15) is 13.2 Å². The van der Waals surface area contributed by atoms with E-state index in [4.69, 9.17) is 14.3 Å². The molecule has 1 aromatic carbocycles. The third-order valence-electron chi connectivity index (χ3n) is 6.09. The van der Waals surface area contributed by atoms with Gasteiger partial charge in [0.2, 0.25) is 16.0 Å². The molecular formula is C24H42N4O6S. The van der Waals surface area contributed by atoms with E-state index < -0.39 is 22.0 Å². The van der Waals surface area contributed by atoms with Crippen molar-refractivity contribution in [2.24, 2.45) is 16.3 Å². The molecule has 3 atom stereocenters. The molecule has 0 amide bonds. The summed E-state index contributed by atoms with van der Waals surface area (Å²) in [5.41, 5.74) is 3.53. The number of sulfonamides is 1. The minimum Gasteiger partial charge on any atom is -0.493 e. The molecule has 35 heavy (non-hydrogen) atoms. The van der Waals surface area contributed by atoms with Gasteiger partial charge < -0.3 is 14.8 Å². The number of guanidine groups is 1. The fourth-order valence-corrected chi connectivity index (χ4v) is 4.17. The molecule has 0 heterocycles. The van der Waals surface area contributed by atoms with Crippen LogP contribution in [0.1, 0.15) is 39.7 Å². The highest BCUT2D eigenvalue weighted by atomic mass is 32.2. The minimum absolute atomic E-state index is 0.0674. The van der Waals surface area contributed by atoms with E-state index in [0.717, 1.165) is 22.5 Å². The summed E-state index contributed by atoms with van der Waals surface area (Å²) in [5, 5.41) is 2.91. The van der Waals surface area contributed by atoms with Gasteiger partial charge in [-0.25, -0.2) is 13.9 Å². The Morgan fingerprint density at radius 3 is 2.29 bits per heavy atom. The molecular weight excluding hydrogens is 472 g/mol. The Hall–Kier alpha value is -2.37. The molecule has 0 aliphatic rings. The first-order valence-electron chi connectivity index (χ1n) is 11.5. The van der Waals surface area contributed by atoms with Crippen LogP contribution in [0.5, 0.6) is 5.75 Å². The summed E-state index contributed by atoms with van der Waals surface area (Å²) >= 11 is 0. The predicted molar refractivity (Wildman–Crippen MR) is 138 cm³/mol. The Balaban J connectivity index is 2.68. The maximum Gasteiger partial charge on any atom is 0.324 e. The van der Waals surface area contributed by atoms with Gasteiger partial charge in [0.15, 0.2) is 0 Å². The molecule has 0 aliphatic heterocycles. The van der Waals surface area contributed by atoms with Gasteiger partial charge in [0.25, 0.3) is 0 Å². The number of hydrogen-bond acceptors (Lipinski definition) is 7. The lowest BCUT2D eigenvalue weighted by Gasteiger charge is -2.33. The lowest BCUT2D eigenvalue weighted by atomic mass is 9.79. The van der Waals surface area contributed by atoms with Crippen molar-refractivity contribution in [3.05, 3.63) is 29.8 Å². The summed E-state index contributed by atoms with van der Waals surface area (Å²) in [7, 11) is 2.51. The standard InChI is InChI=1S/C24H42N4O6S/c1-17(15-24(3,4)18(2)34-27-23(25-5)26-6)16-33-20-12-10-19(11-13-20)14-21(22(29)32-8)28(7)35(9,30)31/h10-13,17-18,21H,14-16H2,1-9H3,(H2,25,26,27). The number of nitrogens with one attached hydrogen (secondary N) is 2. The number of esters is 1. The number of methoxy groups -OCH3 is 1. The fraction of sp³-hybridized carbons (Fsp3) is 0.667. The first-order chi connectivity index (χ1) is 16.2. The first-order valence-corrected chi connectivity index (χ1v) is 13.4. The zero-order chi connectivity index (χ0) is 26.8. The van der Waals surface area contributed by atoms with Crippen LogP contribution in [0.25, 0.3) is 0 Å². The third-order valence-corrected chi connectivity index (χ3v) is 7.39. The molecule has 0 bridgehead atoms. The van der Waals surface area contributed by atoms with E-state index in [-0.39, 0.29) is 23.9 Å². The predicted octanol–water partition coefficient (Wildman–Crippen LogP) is 2.21. The summed E-state index contributed by atoms with van der Waals surface area (Å²) in [4.78, 5) is 21.9. The van der Waals surface area contributed by atoms with Gasteiger partial charge >= 0.3 is 5.97 Å². The van der Waals surface area contributed by atoms with Gasteiger partial charge in [-0.3, -0.25) is 14.6 Å². The molecule has 1 aromatic rings. The van der Waals surface area contributed by atoms with Crippen LogP contribution in [0.3, 0.4) is 0 Å². The van der Waals surface area contributed by atoms with Crippen molar-refractivity contribution in [2.75, 3.05) is 41.1 Å². The molecule has 0 saturated carbocycles. The Bertz CT molecular complexity index is 934. The fourth-order valence-electron chi connectivity index (χ4n) is 3.55. The van der Waals surface area contributed by atoms with E-state index in [1.165, 1.54) is 14.2 Å². The second-order valence-corrected chi connectivity index (χ2v) is 11.5. The lowest BCUT2D eigenvalue weighted by molar-refractivity contribution is -0.144. The number of ether oxygens (including phenoxy) is 2. The smallest absolute Gasteiger partial charge is 0.324 e. The zero-order valence-corrected chi connectivity index (χ0v) is 23.2. The van der Waals surface area contributed by atoms with Crippen LogP contribution in [-0.4, -0.2) is 77.9 Å². The topological polar surface area (TPSA) is 119 Å². The van der Waals surface area contributed by atoms with Gasteiger partial charge in [0.05, 0.1) is 26.1 Å². The second-order valence-electron chi connectivity index (χ2n) is 9.46. The van der Waals surface area contributed by atoms with E-state index >= 15 is 0 Å². The number of hydroxylamine groups is 1. The summed E-state index contributed by atoms with van der Waals surface area (Å²) in [6.45, 7) is 8.98. The number of nitrogens with zero attached hydrogens (tertiary/aromatic N) is 2. The van der Waals surface area contributed by atoms with Crippen molar-refractivity contribution in [3.8, 4) is 5.75 Å². The quantitative estimate of drug-likeness (QED) is 0.178. The van der Waals surface area contributed by atoms with Crippen molar-refractivity contribution in [3.63, 3.8) is 0 Å². The molecule has 0 spiro atoms. The molecule has 0 saturated heterocycles. The van der Waals surface area contributed by atoms with Gasteiger partial charge in [-0.2, -0.15) is 4.31 Å². The molecule has 10 nitrogen and oxygen atoms in total. The average Bonchev–Trinajstić information content (AvgIpc) is 2.80. The van der Waals surface area contributed by atoms with Crippen molar-refractivity contribution < 1.29 is 27.5 Å². The molecule has 0 fully saturated rings. The van der Waals surface area contributed by atoms with Crippen molar-refractivity contribution in [1.29, 1.82) is 0 Å². The van der Waals surface area contributed by atoms with E-state index in [1.807, 2.05) is 31.2 Å². The zero-order valence-electron chi connectivity index (χ0n) is 22.4. The van der Waals surface area contributed by atoms with Crippen LogP contribution < -0.4 is 15.5 Å². The molecule has 1 rings (SSSR count). The van der Waals surface area contributed by atoms with Crippen LogP contribution in [0, 0.1) is 11.3 Å². The van der Waals surface area contributed by atoms with Crippen LogP contribution in [0.2, 0.25) is 0 Å².